The Morgan fingerprint density at radius 2 is 1.80 bits per heavy atom. The summed E-state index contributed by atoms with van der Waals surface area (Å²) in [4.78, 5) is 43.0. The minimum absolute atomic E-state index is 0.185. The number of nitrogens with zero attached hydrogens (tertiary/aromatic N) is 1. The van der Waals surface area contributed by atoms with E-state index in [0.717, 1.165) is 12.0 Å². The van der Waals surface area contributed by atoms with Crippen LogP contribution in [-0.4, -0.2) is 40.5 Å². The second-order valence-corrected chi connectivity index (χ2v) is 12.0. The van der Waals surface area contributed by atoms with E-state index in [2.05, 4.69) is 16.6 Å². The SMILES string of the molecule is C#Cc1ccc(C(C(=O)Nc2c(C)cccc2Cl)N(C(=O)C(NC(=O)OC(C)(C)C)C(C)CC)C2CC2C)cc1. The van der Waals surface area contributed by atoms with E-state index in [0.29, 0.717) is 28.3 Å². The van der Waals surface area contributed by atoms with Crippen LogP contribution in [0, 0.1) is 31.1 Å². The first-order chi connectivity index (χ1) is 18.8. The van der Waals surface area contributed by atoms with Crippen molar-refractivity contribution in [3.63, 3.8) is 0 Å². The third-order valence-corrected chi connectivity index (χ3v) is 7.53. The van der Waals surface area contributed by atoms with Crippen molar-refractivity contribution in [3.8, 4) is 12.3 Å². The Morgan fingerprint density at radius 3 is 2.30 bits per heavy atom. The summed E-state index contributed by atoms with van der Waals surface area (Å²) < 4.78 is 5.48. The standard InChI is InChI=1S/C32H40ClN3O4/c1-9-19(3)27(35-31(39)40-32(6,7)8)30(38)36(25-18-21(25)5)28(23-16-14-22(10-2)15-17-23)29(37)34-26-20(4)12-11-13-24(26)33/h2,11-17,19,21,25,27-28H,9,18H2,1,3-8H3,(H,34,37)(H,35,39). The van der Waals surface area contributed by atoms with E-state index in [-0.39, 0.29) is 23.8 Å². The van der Waals surface area contributed by atoms with Crippen molar-refractivity contribution in [1.82, 2.24) is 10.2 Å². The van der Waals surface area contributed by atoms with Crippen LogP contribution in [-0.2, 0) is 14.3 Å². The molecule has 0 radical (unpaired) electrons. The van der Waals surface area contributed by atoms with E-state index in [4.69, 9.17) is 22.8 Å². The molecule has 5 unspecified atom stereocenters. The maximum Gasteiger partial charge on any atom is 0.408 e. The van der Waals surface area contributed by atoms with Gasteiger partial charge in [0.2, 0.25) is 5.91 Å². The van der Waals surface area contributed by atoms with Crippen LogP contribution in [0.25, 0.3) is 0 Å². The lowest BCUT2D eigenvalue weighted by atomic mass is 9.95. The molecule has 2 aromatic carbocycles. The highest BCUT2D eigenvalue weighted by Crippen LogP contribution is 2.42. The van der Waals surface area contributed by atoms with Gasteiger partial charge in [-0.15, -0.1) is 6.42 Å². The summed E-state index contributed by atoms with van der Waals surface area (Å²) in [7, 11) is 0. The predicted octanol–water partition coefficient (Wildman–Crippen LogP) is 6.49. The van der Waals surface area contributed by atoms with Crippen LogP contribution >= 0.6 is 11.6 Å². The number of terminal acetylenes is 1. The van der Waals surface area contributed by atoms with Crippen molar-refractivity contribution in [1.29, 1.82) is 0 Å². The van der Waals surface area contributed by atoms with Crippen molar-refractivity contribution in [2.24, 2.45) is 11.8 Å². The average molecular weight is 566 g/mol. The monoisotopic (exact) mass is 565 g/mol. The fourth-order valence-electron chi connectivity index (χ4n) is 4.63. The molecule has 1 aliphatic rings. The van der Waals surface area contributed by atoms with Crippen molar-refractivity contribution < 1.29 is 19.1 Å². The fraction of sp³-hybridized carbons (Fsp3) is 0.469. The largest absolute Gasteiger partial charge is 0.444 e. The topological polar surface area (TPSA) is 87.7 Å². The summed E-state index contributed by atoms with van der Waals surface area (Å²) in [6.45, 7) is 13.0. The molecule has 2 aromatic rings. The number of amides is 3. The molecule has 0 spiro atoms. The molecule has 7 nitrogen and oxygen atoms in total. The van der Waals surface area contributed by atoms with E-state index in [1.807, 2.05) is 39.8 Å². The molecule has 2 N–H and O–H groups in total. The average Bonchev–Trinajstić information content (AvgIpc) is 3.61. The van der Waals surface area contributed by atoms with Gasteiger partial charge in [-0.1, -0.05) is 69.0 Å². The van der Waals surface area contributed by atoms with Crippen molar-refractivity contribution >= 4 is 35.2 Å². The van der Waals surface area contributed by atoms with Gasteiger partial charge in [-0.05, 0) is 75.3 Å². The molecule has 8 heteroatoms. The van der Waals surface area contributed by atoms with Gasteiger partial charge in [0.15, 0.2) is 0 Å². The number of hydrogen-bond donors (Lipinski definition) is 2. The van der Waals surface area contributed by atoms with Gasteiger partial charge in [-0.3, -0.25) is 9.59 Å². The number of anilines is 1. The van der Waals surface area contributed by atoms with E-state index in [1.165, 1.54) is 0 Å². The molecule has 40 heavy (non-hydrogen) atoms. The predicted molar refractivity (Wildman–Crippen MR) is 159 cm³/mol. The Labute approximate surface area is 243 Å². The van der Waals surface area contributed by atoms with Gasteiger partial charge >= 0.3 is 6.09 Å². The third-order valence-electron chi connectivity index (χ3n) is 7.22. The number of aryl methyl sites for hydroxylation is 1. The van der Waals surface area contributed by atoms with Gasteiger partial charge in [0.25, 0.3) is 5.91 Å². The number of alkyl carbamates (subject to hydrolysis) is 1. The Hall–Kier alpha value is -3.50. The minimum atomic E-state index is -0.989. The van der Waals surface area contributed by atoms with E-state index >= 15 is 0 Å². The second-order valence-electron chi connectivity index (χ2n) is 11.6. The highest BCUT2D eigenvalue weighted by Gasteiger charge is 2.49. The first-order valence-electron chi connectivity index (χ1n) is 13.7. The van der Waals surface area contributed by atoms with Crippen molar-refractivity contribution in [2.45, 2.75) is 85.0 Å². The number of para-hydroxylation sites is 1. The van der Waals surface area contributed by atoms with E-state index < -0.39 is 29.7 Å². The molecule has 3 amide bonds. The smallest absolute Gasteiger partial charge is 0.408 e. The maximum atomic E-state index is 14.4. The van der Waals surface area contributed by atoms with Crippen molar-refractivity contribution in [3.05, 3.63) is 64.2 Å². The first-order valence-corrected chi connectivity index (χ1v) is 14.1. The molecular weight excluding hydrogens is 526 g/mol. The molecule has 5 atom stereocenters. The van der Waals surface area contributed by atoms with Crippen molar-refractivity contribution in [2.75, 3.05) is 5.32 Å². The molecule has 1 aliphatic carbocycles. The number of nitrogens with one attached hydrogen (secondary N) is 2. The van der Waals surface area contributed by atoms with Gasteiger partial charge in [-0.25, -0.2) is 4.79 Å². The second kappa shape index (κ2) is 12.8. The van der Waals surface area contributed by atoms with Crippen LogP contribution in [0.4, 0.5) is 10.5 Å². The molecule has 0 aromatic heterocycles. The molecule has 3 rings (SSSR count). The molecular formula is C32H40ClN3O4. The van der Waals surface area contributed by atoms with Crippen LogP contribution in [0.5, 0.6) is 0 Å². The minimum Gasteiger partial charge on any atom is -0.444 e. The van der Waals surface area contributed by atoms with Crippen LogP contribution < -0.4 is 10.6 Å². The van der Waals surface area contributed by atoms with Gasteiger partial charge in [0.05, 0.1) is 10.7 Å². The highest BCUT2D eigenvalue weighted by atomic mass is 35.5. The molecule has 0 saturated heterocycles. The number of hydrogen-bond acceptors (Lipinski definition) is 4. The quantitative estimate of drug-likeness (QED) is 0.340. The summed E-state index contributed by atoms with van der Waals surface area (Å²) in [6, 6.07) is 10.3. The Bertz CT molecular complexity index is 1260. The lowest BCUT2D eigenvalue weighted by Gasteiger charge is -2.36. The Balaban J connectivity index is 2.08. The van der Waals surface area contributed by atoms with Gasteiger partial charge in [-0.2, -0.15) is 0 Å². The zero-order valence-corrected chi connectivity index (χ0v) is 25.1. The lowest BCUT2D eigenvalue weighted by molar-refractivity contribution is -0.142. The van der Waals surface area contributed by atoms with Crippen LogP contribution in [0.1, 0.15) is 77.1 Å². The van der Waals surface area contributed by atoms with E-state index in [1.54, 1.807) is 56.0 Å². The highest BCUT2D eigenvalue weighted by molar-refractivity contribution is 6.34. The summed E-state index contributed by atoms with van der Waals surface area (Å²) >= 11 is 6.45. The molecule has 0 bridgehead atoms. The normalized spacial score (nSPS) is 18.5. The maximum absolute atomic E-state index is 14.4. The third kappa shape index (κ3) is 7.57. The van der Waals surface area contributed by atoms with Gasteiger partial charge in [0, 0.05) is 11.6 Å². The summed E-state index contributed by atoms with van der Waals surface area (Å²) in [5, 5.41) is 6.18. The Kier molecular flexibility index (Phi) is 9.92. The molecule has 0 aliphatic heterocycles. The lowest BCUT2D eigenvalue weighted by Crippen LogP contribution is -2.55. The number of halogens is 1. The number of ether oxygens (including phenoxy) is 1. The molecule has 214 valence electrons. The van der Waals surface area contributed by atoms with Gasteiger partial charge in [0.1, 0.15) is 17.7 Å². The molecule has 0 heterocycles. The molecule has 1 saturated carbocycles. The molecule has 1 fully saturated rings. The summed E-state index contributed by atoms with van der Waals surface area (Å²) in [5.74, 6) is 1.82. The van der Waals surface area contributed by atoms with Gasteiger partial charge < -0.3 is 20.3 Å². The fourth-order valence-corrected chi connectivity index (χ4v) is 4.90. The van der Waals surface area contributed by atoms with Crippen LogP contribution in [0.3, 0.4) is 0 Å². The zero-order chi connectivity index (χ0) is 29.8. The number of benzene rings is 2. The number of carbonyl (C=O) groups is 3. The van der Waals surface area contributed by atoms with Crippen LogP contribution in [0.15, 0.2) is 42.5 Å². The summed E-state index contributed by atoms with van der Waals surface area (Å²) in [6.07, 6.45) is 6.26. The van der Waals surface area contributed by atoms with E-state index in [9.17, 15) is 14.4 Å². The number of carbonyl (C=O) groups excluding carboxylic acids is 3. The zero-order valence-electron chi connectivity index (χ0n) is 24.4. The summed E-state index contributed by atoms with van der Waals surface area (Å²) in [5.41, 5.74) is 1.82. The number of rotatable bonds is 9. The Morgan fingerprint density at radius 1 is 1.18 bits per heavy atom. The first kappa shape index (κ1) is 31.0. The van der Waals surface area contributed by atoms with Crippen LogP contribution in [0.2, 0.25) is 5.02 Å².